The third-order valence-electron chi connectivity index (χ3n) is 10.5. The van der Waals surface area contributed by atoms with Gasteiger partial charge in [-0.15, -0.1) is 0 Å². The van der Waals surface area contributed by atoms with E-state index < -0.39 is 5.60 Å². The highest BCUT2D eigenvalue weighted by Crippen LogP contribution is 2.40. The fourth-order valence-corrected chi connectivity index (χ4v) is 7.53. The lowest BCUT2D eigenvalue weighted by atomic mass is 9.74. The Morgan fingerprint density at radius 3 is 2.67 bits per heavy atom. The van der Waals surface area contributed by atoms with E-state index in [1.165, 1.54) is 12.0 Å². The lowest BCUT2D eigenvalue weighted by molar-refractivity contribution is -0.125. The number of aliphatic hydroxyl groups is 1. The van der Waals surface area contributed by atoms with Crippen molar-refractivity contribution in [3.63, 3.8) is 0 Å². The first kappa shape index (κ1) is 36.1. The second-order valence-electron chi connectivity index (χ2n) is 14.5. The number of rotatable bonds is 9. The largest absolute Gasteiger partial charge is 0.508 e. The molecule has 7 heteroatoms. The lowest BCUT2D eigenvalue weighted by Crippen LogP contribution is -2.38. The third kappa shape index (κ3) is 9.77. The van der Waals surface area contributed by atoms with Crippen molar-refractivity contribution >= 4 is 22.2 Å². The van der Waals surface area contributed by atoms with Crippen LogP contribution >= 0.6 is 0 Å². The van der Waals surface area contributed by atoms with E-state index in [9.17, 15) is 15.0 Å². The zero-order valence-electron chi connectivity index (χ0n) is 30.0. The summed E-state index contributed by atoms with van der Waals surface area (Å²) in [6, 6.07) is 24.1. The summed E-state index contributed by atoms with van der Waals surface area (Å²) in [5, 5.41) is 25.6. The van der Waals surface area contributed by atoms with Crippen molar-refractivity contribution in [2.45, 2.75) is 102 Å². The van der Waals surface area contributed by atoms with Crippen LogP contribution in [0.15, 0.2) is 72.8 Å². The predicted octanol–water partition coefficient (Wildman–Crippen LogP) is 8.69. The molecule has 1 aliphatic carbocycles. The molecule has 1 spiro atoms. The number of unbranched alkanes of at least 4 members (excludes halogenated alkanes) is 1. The monoisotopic (exact) mass is 689 g/mol. The highest BCUT2D eigenvalue weighted by atomic mass is 16.5. The molecule has 7 rings (SSSR count). The molecular weight excluding hydrogens is 638 g/mol. The van der Waals surface area contributed by atoms with Crippen LogP contribution < -0.4 is 14.8 Å². The number of nitrogens with one attached hydrogen (secondary N) is 1. The molecule has 0 saturated heterocycles. The molecular formula is C44H51NO6. The molecule has 4 aromatic rings. The Morgan fingerprint density at radius 2 is 1.84 bits per heavy atom. The molecule has 2 aliphatic heterocycles. The number of hydrogen-bond donors (Lipinski definition) is 3. The summed E-state index contributed by atoms with van der Waals surface area (Å²) >= 11 is 0. The molecule has 4 aromatic carbocycles. The Hall–Kier alpha value is -4.67. The van der Waals surface area contributed by atoms with Crippen LogP contribution in [-0.4, -0.2) is 41.4 Å². The molecule has 0 amide bonds. The zero-order chi connectivity index (χ0) is 35.6. The van der Waals surface area contributed by atoms with Gasteiger partial charge in [-0.05, 0) is 122 Å². The van der Waals surface area contributed by atoms with Crippen molar-refractivity contribution < 1.29 is 29.2 Å². The van der Waals surface area contributed by atoms with Gasteiger partial charge in [0, 0.05) is 37.1 Å². The van der Waals surface area contributed by atoms with Crippen LogP contribution in [0.1, 0.15) is 87.0 Å². The fraction of sp³-hybridized carbons (Fsp3) is 0.432. The van der Waals surface area contributed by atoms with Crippen molar-refractivity contribution in [1.82, 2.24) is 0 Å². The van der Waals surface area contributed by atoms with Gasteiger partial charge in [0.05, 0.1) is 13.2 Å². The maximum absolute atomic E-state index is 13.5. The number of Topliss-reactive ketones (excluding diaryl/α,β-unsaturated/α-hetero) is 1. The predicted molar refractivity (Wildman–Crippen MR) is 202 cm³/mol. The number of phenolic OH excluding ortho intramolecular Hbond substituents is 1. The maximum atomic E-state index is 13.5. The molecule has 1 fully saturated rings. The molecule has 0 aromatic heterocycles. The minimum Gasteiger partial charge on any atom is -0.508 e. The normalized spacial score (nSPS) is 20.0. The number of anilines is 1. The van der Waals surface area contributed by atoms with Gasteiger partial charge in [-0.3, -0.25) is 4.79 Å². The van der Waals surface area contributed by atoms with Crippen LogP contribution in [-0.2, 0) is 35.4 Å². The Labute approximate surface area is 302 Å². The lowest BCUT2D eigenvalue weighted by Gasteiger charge is -2.38. The molecule has 3 aliphatic rings. The quantitative estimate of drug-likeness (QED) is 0.120. The first-order chi connectivity index (χ1) is 24.8. The number of aliphatic hydroxyl groups excluding tert-OH is 1. The molecule has 2 heterocycles. The summed E-state index contributed by atoms with van der Waals surface area (Å²) in [4.78, 5) is 13.5. The van der Waals surface area contributed by atoms with Crippen LogP contribution in [0.5, 0.6) is 17.2 Å². The van der Waals surface area contributed by atoms with E-state index >= 15 is 0 Å². The highest BCUT2D eigenvalue weighted by molar-refractivity contribution is 5.88. The number of aryl methyl sites for hydroxylation is 2. The first-order valence-electron chi connectivity index (χ1n) is 18.5. The first-order valence-corrected chi connectivity index (χ1v) is 18.5. The van der Waals surface area contributed by atoms with Gasteiger partial charge < -0.3 is 29.7 Å². The van der Waals surface area contributed by atoms with E-state index in [-0.39, 0.29) is 17.6 Å². The Balaban J connectivity index is 1.13. The molecule has 0 unspecified atom stereocenters. The Bertz CT molecular complexity index is 1860. The van der Waals surface area contributed by atoms with E-state index in [2.05, 4.69) is 41.6 Å². The van der Waals surface area contributed by atoms with Gasteiger partial charge in [0.1, 0.15) is 29.8 Å². The van der Waals surface area contributed by atoms with Crippen LogP contribution in [0.3, 0.4) is 0 Å². The summed E-state index contributed by atoms with van der Waals surface area (Å²) in [5.41, 5.74) is 4.55. The maximum Gasteiger partial charge on any atom is 0.161 e. The number of phenols is 1. The number of fused-ring (bicyclic) bond motifs is 7. The van der Waals surface area contributed by atoms with Gasteiger partial charge in [-0.1, -0.05) is 55.2 Å². The van der Waals surface area contributed by atoms with Gasteiger partial charge in [0.25, 0.3) is 0 Å². The van der Waals surface area contributed by atoms with E-state index in [4.69, 9.17) is 14.2 Å². The van der Waals surface area contributed by atoms with Crippen LogP contribution in [0, 0.1) is 17.9 Å². The average molecular weight is 690 g/mol. The van der Waals surface area contributed by atoms with Gasteiger partial charge in [-0.2, -0.15) is 0 Å². The van der Waals surface area contributed by atoms with Crippen molar-refractivity contribution in [2.24, 2.45) is 5.92 Å². The second-order valence-corrected chi connectivity index (χ2v) is 14.5. The summed E-state index contributed by atoms with van der Waals surface area (Å²) in [6.07, 6.45) is 12.4. The SMILES string of the molecule is COc1ccc2cc1OCc1ccc3c(c(O)ccc3c1)CC#COC1(CCC(CCCCc3cccc(NC[C@H](C)O)c3)CC1)CC(=O)CC2. The van der Waals surface area contributed by atoms with Crippen molar-refractivity contribution in [3.8, 4) is 29.3 Å². The molecule has 1 atom stereocenters. The molecule has 0 radical (unpaired) electrons. The second kappa shape index (κ2) is 17.0. The molecule has 6 bridgehead atoms. The fourth-order valence-electron chi connectivity index (χ4n) is 7.53. The smallest absolute Gasteiger partial charge is 0.161 e. The van der Waals surface area contributed by atoms with Crippen molar-refractivity contribution in [2.75, 3.05) is 19.0 Å². The number of benzene rings is 4. The summed E-state index contributed by atoms with van der Waals surface area (Å²) in [6.45, 7) is 2.69. The highest BCUT2D eigenvalue weighted by Gasteiger charge is 2.38. The Morgan fingerprint density at radius 1 is 1.00 bits per heavy atom. The van der Waals surface area contributed by atoms with E-state index in [0.717, 1.165) is 78.1 Å². The number of carbonyl (C=O) groups is 1. The van der Waals surface area contributed by atoms with Gasteiger partial charge >= 0.3 is 0 Å². The summed E-state index contributed by atoms with van der Waals surface area (Å²) in [7, 11) is 1.63. The Kier molecular flexibility index (Phi) is 12.1. The molecule has 268 valence electrons. The number of ketones is 1. The van der Waals surface area contributed by atoms with Gasteiger partial charge in [0.2, 0.25) is 0 Å². The van der Waals surface area contributed by atoms with E-state index in [1.54, 1.807) is 20.1 Å². The minimum atomic E-state index is -0.604. The number of carbonyl (C=O) groups excluding carboxylic acids is 1. The van der Waals surface area contributed by atoms with E-state index in [1.807, 2.05) is 42.5 Å². The topological polar surface area (TPSA) is 97.2 Å². The van der Waals surface area contributed by atoms with Crippen molar-refractivity contribution in [1.29, 1.82) is 0 Å². The third-order valence-corrected chi connectivity index (χ3v) is 10.5. The van der Waals surface area contributed by atoms with Crippen LogP contribution in [0.2, 0.25) is 0 Å². The molecule has 51 heavy (non-hydrogen) atoms. The molecule has 3 N–H and O–H groups in total. The number of ether oxygens (including phenoxy) is 3. The number of aromatic hydroxyl groups is 1. The summed E-state index contributed by atoms with van der Waals surface area (Å²) < 4.78 is 18.2. The zero-order valence-corrected chi connectivity index (χ0v) is 30.0. The summed E-state index contributed by atoms with van der Waals surface area (Å²) in [5.74, 6) is 5.47. The van der Waals surface area contributed by atoms with Crippen molar-refractivity contribution in [3.05, 3.63) is 95.1 Å². The van der Waals surface area contributed by atoms with E-state index in [0.29, 0.717) is 56.3 Å². The molecule has 1 saturated carbocycles. The van der Waals surface area contributed by atoms with Crippen LogP contribution in [0.25, 0.3) is 10.8 Å². The standard InChI is InChI=1S/C44H51NO6/c1-31(46)29-45-37-10-5-9-33(26-37)8-4-3-7-32-20-22-44(23-21-32)28-38(47)16-12-34-14-19-42(49-2)43(27-34)50-30-35-13-17-39-36(25-35)15-18-41(48)40(39)11-6-24-51-44/h5,9-10,13-15,17-19,25-27,31-32,45-46,48H,3-4,7-8,11-12,16,20-23,28-30H2,1-2H3/t31-,32?,44?/m0/s1. The minimum absolute atomic E-state index is 0.177. The average Bonchev–Trinajstić information content (AvgIpc) is 3.14. The van der Waals surface area contributed by atoms with Gasteiger partial charge in [0.15, 0.2) is 11.5 Å². The number of methoxy groups -OCH3 is 1. The van der Waals surface area contributed by atoms with Gasteiger partial charge in [-0.25, -0.2) is 0 Å². The van der Waals surface area contributed by atoms with Crippen LogP contribution in [0.4, 0.5) is 5.69 Å². The number of hydrogen-bond acceptors (Lipinski definition) is 7. The molecule has 7 nitrogen and oxygen atoms in total.